The van der Waals surface area contributed by atoms with Gasteiger partial charge in [0.25, 0.3) is 0 Å². The molecular formula is C21H24N2O2. The summed E-state index contributed by atoms with van der Waals surface area (Å²) in [5, 5.41) is 3.24. The minimum absolute atomic E-state index is 0.0277. The molecule has 130 valence electrons. The molecule has 0 aliphatic carbocycles. The predicted molar refractivity (Wildman–Crippen MR) is 99.0 cm³/mol. The van der Waals surface area contributed by atoms with Crippen LogP contribution >= 0.6 is 0 Å². The SMILES string of the molecule is CC(C(=O)NC1CCOc2ccccc21)N1CCCc2ccccc21. The molecule has 4 rings (SSSR count). The number of ether oxygens (including phenoxy) is 1. The summed E-state index contributed by atoms with van der Waals surface area (Å²) in [4.78, 5) is 15.2. The van der Waals surface area contributed by atoms with Crippen LogP contribution in [0.1, 0.15) is 36.9 Å². The summed E-state index contributed by atoms with van der Waals surface area (Å²) < 4.78 is 5.70. The first kappa shape index (κ1) is 16.0. The second-order valence-electron chi connectivity index (χ2n) is 6.84. The van der Waals surface area contributed by atoms with Gasteiger partial charge in [-0.25, -0.2) is 0 Å². The number of para-hydroxylation sites is 2. The first-order valence-corrected chi connectivity index (χ1v) is 9.10. The monoisotopic (exact) mass is 336 g/mol. The Morgan fingerprint density at radius 2 is 2.00 bits per heavy atom. The summed E-state index contributed by atoms with van der Waals surface area (Å²) in [7, 11) is 0. The first-order chi connectivity index (χ1) is 12.2. The van der Waals surface area contributed by atoms with Gasteiger partial charge in [0.05, 0.1) is 12.6 Å². The summed E-state index contributed by atoms with van der Waals surface area (Å²) in [6, 6.07) is 16.2. The lowest BCUT2D eigenvalue weighted by Crippen LogP contribution is -2.48. The smallest absolute Gasteiger partial charge is 0.242 e. The van der Waals surface area contributed by atoms with E-state index in [0.29, 0.717) is 6.61 Å². The molecule has 0 aromatic heterocycles. The van der Waals surface area contributed by atoms with Crippen LogP contribution in [-0.2, 0) is 11.2 Å². The lowest BCUT2D eigenvalue weighted by atomic mass is 9.98. The average Bonchev–Trinajstić information content (AvgIpc) is 2.67. The van der Waals surface area contributed by atoms with Gasteiger partial charge in [-0.1, -0.05) is 36.4 Å². The second kappa shape index (κ2) is 6.79. The Kier molecular flexibility index (Phi) is 4.35. The van der Waals surface area contributed by atoms with Crippen LogP contribution in [0, 0.1) is 0 Å². The fourth-order valence-electron chi connectivity index (χ4n) is 3.89. The molecule has 1 N–H and O–H groups in total. The standard InChI is InChI=1S/C21H24N2O2/c1-15(23-13-6-8-16-7-2-4-10-19(16)23)21(24)22-18-12-14-25-20-11-5-3-9-17(18)20/h2-5,7,9-11,15,18H,6,8,12-14H2,1H3,(H,22,24). The van der Waals surface area contributed by atoms with Crippen molar-refractivity contribution in [3.8, 4) is 5.75 Å². The molecule has 2 atom stereocenters. The van der Waals surface area contributed by atoms with E-state index in [-0.39, 0.29) is 18.0 Å². The fraction of sp³-hybridized carbons (Fsp3) is 0.381. The fourth-order valence-corrected chi connectivity index (χ4v) is 3.89. The van der Waals surface area contributed by atoms with E-state index in [4.69, 9.17) is 4.74 Å². The summed E-state index contributed by atoms with van der Waals surface area (Å²) in [6.45, 7) is 3.57. The van der Waals surface area contributed by atoms with E-state index in [2.05, 4.69) is 34.5 Å². The molecule has 0 bridgehead atoms. The Morgan fingerprint density at radius 3 is 2.92 bits per heavy atom. The van der Waals surface area contributed by atoms with Gasteiger partial charge in [-0.05, 0) is 37.5 Å². The molecule has 2 aromatic rings. The molecule has 4 heteroatoms. The van der Waals surface area contributed by atoms with Crippen LogP contribution in [0.5, 0.6) is 5.75 Å². The minimum Gasteiger partial charge on any atom is -0.493 e. The highest BCUT2D eigenvalue weighted by atomic mass is 16.5. The number of carbonyl (C=O) groups excluding carboxylic acids is 1. The van der Waals surface area contributed by atoms with Crippen molar-refractivity contribution in [2.75, 3.05) is 18.1 Å². The highest BCUT2D eigenvalue weighted by Gasteiger charge is 2.29. The summed E-state index contributed by atoms with van der Waals surface area (Å²) in [5.41, 5.74) is 3.61. The van der Waals surface area contributed by atoms with Crippen molar-refractivity contribution in [3.63, 3.8) is 0 Å². The summed E-state index contributed by atoms with van der Waals surface area (Å²) in [6.07, 6.45) is 3.00. The lowest BCUT2D eigenvalue weighted by molar-refractivity contribution is -0.123. The predicted octanol–water partition coefficient (Wildman–Crippen LogP) is 3.47. The van der Waals surface area contributed by atoms with Crippen LogP contribution in [0.25, 0.3) is 0 Å². The van der Waals surface area contributed by atoms with E-state index in [0.717, 1.165) is 37.1 Å². The largest absolute Gasteiger partial charge is 0.493 e. The molecule has 0 fully saturated rings. The number of anilines is 1. The second-order valence-corrected chi connectivity index (χ2v) is 6.84. The molecule has 1 amide bonds. The number of carbonyl (C=O) groups is 1. The maximum atomic E-state index is 12.9. The molecule has 2 aliphatic heterocycles. The van der Waals surface area contributed by atoms with E-state index in [1.54, 1.807) is 0 Å². The third kappa shape index (κ3) is 3.09. The van der Waals surface area contributed by atoms with Crippen LogP contribution in [-0.4, -0.2) is 25.1 Å². The molecular weight excluding hydrogens is 312 g/mol. The first-order valence-electron chi connectivity index (χ1n) is 9.10. The van der Waals surface area contributed by atoms with Gasteiger partial charge in [-0.15, -0.1) is 0 Å². The molecule has 2 aliphatic rings. The van der Waals surface area contributed by atoms with Gasteiger partial charge < -0.3 is 15.0 Å². The lowest BCUT2D eigenvalue weighted by Gasteiger charge is -2.36. The highest BCUT2D eigenvalue weighted by Crippen LogP contribution is 2.32. The van der Waals surface area contributed by atoms with Gasteiger partial charge in [0, 0.05) is 24.2 Å². The molecule has 2 aromatic carbocycles. The molecule has 25 heavy (non-hydrogen) atoms. The molecule has 0 saturated heterocycles. The third-order valence-electron chi connectivity index (χ3n) is 5.27. The van der Waals surface area contributed by atoms with Crippen molar-refractivity contribution in [2.45, 2.75) is 38.3 Å². The summed E-state index contributed by atoms with van der Waals surface area (Å²) >= 11 is 0. The van der Waals surface area contributed by atoms with Gasteiger partial charge in [0.2, 0.25) is 5.91 Å². The maximum Gasteiger partial charge on any atom is 0.242 e. The van der Waals surface area contributed by atoms with Crippen LogP contribution in [0.3, 0.4) is 0 Å². The van der Waals surface area contributed by atoms with E-state index in [1.807, 2.05) is 31.2 Å². The van der Waals surface area contributed by atoms with E-state index < -0.39 is 0 Å². The molecule has 0 radical (unpaired) electrons. The normalized spacial score (nSPS) is 20.0. The molecule has 2 unspecified atom stereocenters. The van der Waals surface area contributed by atoms with Crippen molar-refractivity contribution < 1.29 is 9.53 Å². The number of amides is 1. The number of benzene rings is 2. The topological polar surface area (TPSA) is 41.6 Å². The van der Waals surface area contributed by atoms with Gasteiger partial charge in [0.1, 0.15) is 11.8 Å². The van der Waals surface area contributed by atoms with Crippen LogP contribution < -0.4 is 15.0 Å². The molecule has 0 saturated carbocycles. The number of nitrogens with one attached hydrogen (secondary N) is 1. The zero-order valence-corrected chi connectivity index (χ0v) is 14.6. The Morgan fingerprint density at radius 1 is 1.20 bits per heavy atom. The Labute approximate surface area is 148 Å². The molecule has 0 spiro atoms. The Hall–Kier alpha value is -2.49. The van der Waals surface area contributed by atoms with E-state index in [1.165, 1.54) is 11.3 Å². The number of rotatable bonds is 3. The Bertz CT molecular complexity index is 774. The minimum atomic E-state index is -0.184. The van der Waals surface area contributed by atoms with Crippen LogP contribution in [0.15, 0.2) is 48.5 Å². The van der Waals surface area contributed by atoms with Gasteiger partial charge in [0.15, 0.2) is 0 Å². The number of nitrogens with zero attached hydrogens (tertiary/aromatic N) is 1. The van der Waals surface area contributed by atoms with Crippen molar-refractivity contribution in [3.05, 3.63) is 59.7 Å². The maximum absolute atomic E-state index is 12.9. The average molecular weight is 336 g/mol. The third-order valence-corrected chi connectivity index (χ3v) is 5.27. The zero-order valence-electron chi connectivity index (χ0n) is 14.6. The van der Waals surface area contributed by atoms with Gasteiger partial charge in [-0.3, -0.25) is 4.79 Å². The molecule has 2 heterocycles. The number of fused-ring (bicyclic) bond motifs is 2. The van der Waals surface area contributed by atoms with Crippen LogP contribution in [0.4, 0.5) is 5.69 Å². The van der Waals surface area contributed by atoms with Crippen molar-refractivity contribution >= 4 is 11.6 Å². The van der Waals surface area contributed by atoms with Crippen molar-refractivity contribution in [2.24, 2.45) is 0 Å². The highest BCUT2D eigenvalue weighted by molar-refractivity contribution is 5.85. The number of aryl methyl sites for hydroxylation is 1. The van der Waals surface area contributed by atoms with Crippen molar-refractivity contribution in [1.29, 1.82) is 0 Å². The van der Waals surface area contributed by atoms with Gasteiger partial charge in [-0.2, -0.15) is 0 Å². The zero-order chi connectivity index (χ0) is 17.2. The molecule has 4 nitrogen and oxygen atoms in total. The Balaban J connectivity index is 1.51. The van der Waals surface area contributed by atoms with E-state index >= 15 is 0 Å². The van der Waals surface area contributed by atoms with E-state index in [9.17, 15) is 4.79 Å². The van der Waals surface area contributed by atoms with Crippen molar-refractivity contribution in [1.82, 2.24) is 5.32 Å². The number of hydrogen-bond donors (Lipinski definition) is 1. The van der Waals surface area contributed by atoms with Crippen LogP contribution in [0.2, 0.25) is 0 Å². The summed E-state index contributed by atoms with van der Waals surface area (Å²) in [5.74, 6) is 0.966. The quantitative estimate of drug-likeness (QED) is 0.933. The van der Waals surface area contributed by atoms with Gasteiger partial charge >= 0.3 is 0 Å². The number of hydrogen-bond acceptors (Lipinski definition) is 3.